The molecule has 2 aromatic rings. The summed E-state index contributed by atoms with van der Waals surface area (Å²) in [4.78, 5) is 23.9. The SMILES string of the molecule is Cc1ccc(OCC(=O)NCCNC(=O)c2ccccc2C)c(C)c1. The van der Waals surface area contributed by atoms with Gasteiger partial charge in [0.05, 0.1) is 0 Å². The molecule has 0 radical (unpaired) electrons. The molecule has 132 valence electrons. The van der Waals surface area contributed by atoms with Crippen LogP contribution in [0, 0.1) is 20.8 Å². The molecule has 0 unspecified atom stereocenters. The van der Waals surface area contributed by atoms with E-state index in [1.807, 2.05) is 57.2 Å². The molecule has 5 heteroatoms. The van der Waals surface area contributed by atoms with Gasteiger partial charge in [0.2, 0.25) is 0 Å². The Morgan fingerprint density at radius 3 is 2.36 bits per heavy atom. The number of benzene rings is 2. The molecule has 0 bridgehead atoms. The maximum absolute atomic E-state index is 12.0. The van der Waals surface area contributed by atoms with Crippen LogP contribution in [0.5, 0.6) is 5.75 Å². The second kappa shape index (κ2) is 8.87. The lowest BCUT2D eigenvalue weighted by atomic mass is 10.1. The Morgan fingerprint density at radius 1 is 0.920 bits per heavy atom. The van der Waals surface area contributed by atoms with Crippen LogP contribution < -0.4 is 15.4 Å². The number of rotatable bonds is 7. The number of carbonyl (C=O) groups excluding carboxylic acids is 2. The van der Waals surface area contributed by atoms with Gasteiger partial charge >= 0.3 is 0 Å². The lowest BCUT2D eigenvalue weighted by Crippen LogP contribution is -2.37. The van der Waals surface area contributed by atoms with Crippen molar-refractivity contribution in [3.05, 3.63) is 64.7 Å². The molecule has 0 aliphatic heterocycles. The Kier molecular flexibility index (Phi) is 6.57. The molecule has 25 heavy (non-hydrogen) atoms. The number of aryl methyl sites for hydroxylation is 3. The zero-order chi connectivity index (χ0) is 18.2. The molecule has 0 aromatic heterocycles. The van der Waals surface area contributed by atoms with Gasteiger partial charge < -0.3 is 15.4 Å². The standard InChI is InChI=1S/C20H24N2O3/c1-14-8-9-18(16(3)12-14)25-13-19(23)21-10-11-22-20(24)17-7-5-4-6-15(17)2/h4-9,12H,10-11,13H2,1-3H3,(H,21,23)(H,22,24). The lowest BCUT2D eigenvalue weighted by Gasteiger charge is -2.11. The molecule has 0 aliphatic carbocycles. The molecule has 0 atom stereocenters. The zero-order valence-electron chi connectivity index (χ0n) is 14.9. The Bertz CT molecular complexity index is 756. The van der Waals surface area contributed by atoms with Gasteiger partial charge in [-0.15, -0.1) is 0 Å². The van der Waals surface area contributed by atoms with E-state index in [0.29, 0.717) is 24.4 Å². The average Bonchev–Trinajstić information content (AvgIpc) is 2.58. The van der Waals surface area contributed by atoms with Crippen LogP contribution in [-0.4, -0.2) is 31.5 Å². The molecular formula is C20H24N2O3. The summed E-state index contributed by atoms with van der Waals surface area (Å²) in [6.45, 7) is 6.52. The van der Waals surface area contributed by atoms with Gasteiger partial charge in [-0.2, -0.15) is 0 Å². The van der Waals surface area contributed by atoms with Crippen LogP contribution >= 0.6 is 0 Å². The van der Waals surface area contributed by atoms with Gasteiger partial charge in [-0.1, -0.05) is 35.9 Å². The normalized spacial score (nSPS) is 10.2. The van der Waals surface area contributed by atoms with Crippen molar-refractivity contribution >= 4 is 11.8 Å². The smallest absolute Gasteiger partial charge is 0.258 e. The van der Waals surface area contributed by atoms with Crippen molar-refractivity contribution in [3.8, 4) is 5.75 Å². The lowest BCUT2D eigenvalue weighted by molar-refractivity contribution is -0.123. The molecule has 0 aliphatic rings. The number of ether oxygens (including phenoxy) is 1. The highest BCUT2D eigenvalue weighted by Crippen LogP contribution is 2.18. The van der Waals surface area contributed by atoms with Crippen molar-refractivity contribution in [2.45, 2.75) is 20.8 Å². The number of carbonyl (C=O) groups is 2. The maximum atomic E-state index is 12.0. The molecular weight excluding hydrogens is 316 g/mol. The molecule has 2 rings (SSSR count). The quantitative estimate of drug-likeness (QED) is 0.761. The molecule has 0 heterocycles. The number of hydrogen-bond acceptors (Lipinski definition) is 3. The minimum atomic E-state index is -0.217. The Labute approximate surface area is 148 Å². The molecule has 0 fully saturated rings. The summed E-state index contributed by atoms with van der Waals surface area (Å²) in [5, 5.41) is 5.52. The van der Waals surface area contributed by atoms with E-state index in [2.05, 4.69) is 10.6 Å². The van der Waals surface area contributed by atoms with E-state index in [9.17, 15) is 9.59 Å². The first-order chi connectivity index (χ1) is 12.0. The van der Waals surface area contributed by atoms with Crippen LogP contribution in [-0.2, 0) is 4.79 Å². The van der Waals surface area contributed by atoms with Crippen molar-refractivity contribution in [3.63, 3.8) is 0 Å². The van der Waals surface area contributed by atoms with Crippen LogP contribution in [0.2, 0.25) is 0 Å². The molecule has 0 saturated heterocycles. The molecule has 2 amide bonds. The molecule has 0 spiro atoms. The van der Waals surface area contributed by atoms with Crippen LogP contribution in [0.15, 0.2) is 42.5 Å². The molecule has 0 saturated carbocycles. The van der Waals surface area contributed by atoms with Crippen molar-refractivity contribution in [2.75, 3.05) is 19.7 Å². The highest BCUT2D eigenvalue weighted by Gasteiger charge is 2.08. The van der Waals surface area contributed by atoms with E-state index < -0.39 is 0 Å². The van der Waals surface area contributed by atoms with Crippen molar-refractivity contribution in [1.29, 1.82) is 0 Å². The first-order valence-corrected chi connectivity index (χ1v) is 8.28. The van der Waals surface area contributed by atoms with Gasteiger partial charge in [0, 0.05) is 18.7 Å². The fourth-order valence-corrected chi connectivity index (χ4v) is 2.46. The van der Waals surface area contributed by atoms with Crippen LogP contribution in [0.1, 0.15) is 27.0 Å². The fraction of sp³-hybridized carbons (Fsp3) is 0.300. The van der Waals surface area contributed by atoms with E-state index >= 15 is 0 Å². The van der Waals surface area contributed by atoms with Crippen LogP contribution in [0.25, 0.3) is 0 Å². The van der Waals surface area contributed by atoms with Gasteiger partial charge in [-0.25, -0.2) is 0 Å². The van der Waals surface area contributed by atoms with Crippen LogP contribution in [0.4, 0.5) is 0 Å². The first kappa shape index (κ1) is 18.5. The summed E-state index contributed by atoms with van der Waals surface area (Å²) in [5.74, 6) is 0.345. The monoisotopic (exact) mass is 340 g/mol. The maximum Gasteiger partial charge on any atom is 0.258 e. The van der Waals surface area contributed by atoms with Crippen molar-refractivity contribution in [1.82, 2.24) is 10.6 Å². The Balaban J connectivity index is 1.68. The third-order valence-corrected chi connectivity index (χ3v) is 3.81. The van der Waals surface area contributed by atoms with E-state index in [1.54, 1.807) is 6.07 Å². The summed E-state index contributed by atoms with van der Waals surface area (Å²) in [6, 6.07) is 13.2. The third-order valence-electron chi connectivity index (χ3n) is 3.81. The second-order valence-corrected chi connectivity index (χ2v) is 5.98. The highest BCUT2D eigenvalue weighted by atomic mass is 16.5. The predicted molar refractivity (Wildman–Crippen MR) is 97.9 cm³/mol. The van der Waals surface area contributed by atoms with Gasteiger partial charge in [0.25, 0.3) is 11.8 Å². The van der Waals surface area contributed by atoms with E-state index in [4.69, 9.17) is 4.74 Å². The summed E-state index contributed by atoms with van der Waals surface area (Å²) in [7, 11) is 0. The molecule has 2 N–H and O–H groups in total. The topological polar surface area (TPSA) is 67.4 Å². The first-order valence-electron chi connectivity index (χ1n) is 8.28. The second-order valence-electron chi connectivity index (χ2n) is 5.98. The average molecular weight is 340 g/mol. The van der Waals surface area contributed by atoms with E-state index in [1.165, 1.54) is 0 Å². The number of nitrogens with one attached hydrogen (secondary N) is 2. The van der Waals surface area contributed by atoms with Crippen molar-refractivity contribution in [2.24, 2.45) is 0 Å². The number of amides is 2. The van der Waals surface area contributed by atoms with E-state index in [-0.39, 0.29) is 18.4 Å². The highest BCUT2D eigenvalue weighted by molar-refractivity contribution is 5.95. The van der Waals surface area contributed by atoms with Crippen molar-refractivity contribution < 1.29 is 14.3 Å². The fourth-order valence-electron chi connectivity index (χ4n) is 2.46. The van der Waals surface area contributed by atoms with Crippen LogP contribution in [0.3, 0.4) is 0 Å². The summed E-state index contributed by atoms with van der Waals surface area (Å²) >= 11 is 0. The summed E-state index contributed by atoms with van der Waals surface area (Å²) in [5.41, 5.74) is 3.72. The van der Waals surface area contributed by atoms with E-state index in [0.717, 1.165) is 16.7 Å². The summed E-state index contributed by atoms with van der Waals surface area (Å²) < 4.78 is 5.52. The van der Waals surface area contributed by atoms with Gasteiger partial charge in [-0.3, -0.25) is 9.59 Å². The molecule has 5 nitrogen and oxygen atoms in total. The molecule has 2 aromatic carbocycles. The van der Waals surface area contributed by atoms with Gasteiger partial charge in [0.1, 0.15) is 5.75 Å². The number of hydrogen-bond donors (Lipinski definition) is 2. The largest absolute Gasteiger partial charge is 0.484 e. The Morgan fingerprint density at radius 2 is 1.64 bits per heavy atom. The summed E-state index contributed by atoms with van der Waals surface area (Å²) in [6.07, 6.45) is 0. The minimum absolute atomic E-state index is 0.0460. The van der Waals surface area contributed by atoms with Gasteiger partial charge in [0.15, 0.2) is 6.61 Å². The van der Waals surface area contributed by atoms with Gasteiger partial charge in [-0.05, 0) is 44.0 Å². The third kappa shape index (κ3) is 5.64. The Hall–Kier alpha value is -2.82. The zero-order valence-corrected chi connectivity index (χ0v) is 14.9. The predicted octanol–water partition coefficient (Wildman–Crippen LogP) is 2.54. The minimum Gasteiger partial charge on any atom is -0.484 e.